The van der Waals surface area contributed by atoms with Crippen LogP contribution in [0.2, 0.25) is 0 Å². The number of nitrogens with zero attached hydrogens (tertiary/aromatic N) is 1. The summed E-state index contributed by atoms with van der Waals surface area (Å²) in [6.07, 6.45) is 2.11. The Morgan fingerprint density at radius 1 is 1.26 bits per heavy atom. The van der Waals surface area contributed by atoms with Crippen molar-refractivity contribution in [3.63, 3.8) is 0 Å². The SMILES string of the molecule is CS(=O)(=O)CCS(=O)(=O)N1CCC(CCC(=O)O)C1. The summed E-state index contributed by atoms with van der Waals surface area (Å²) in [6.45, 7) is 0.635. The van der Waals surface area contributed by atoms with Gasteiger partial charge in [-0.1, -0.05) is 0 Å². The normalized spacial score (nSPS) is 21.6. The molecular weight excluding hydrogens is 294 g/mol. The Hall–Kier alpha value is -0.670. The summed E-state index contributed by atoms with van der Waals surface area (Å²) in [4.78, 5) is 10.4. The van der Waals surface area contributed by atoms with Gasteiger partial charge in [-0.05, 0) is 18.8 Å². The van der Waals surface area contributed by atoms with Crippen molar-refractivity contribution in [3.8, 4) is 0 Å². The van der Waals surface area contributed by atoms with Crippen LogP contribution in [-0.4, -0.2) is 63.1 Å². The maximum absolute atomic E-state index is 11.9. The number of carboxylic acids is 1. The molecule has 7 nitrogen and oxygen atoms in total. The van der Waals surface area contributed by atoms with E-state index in [0.29, 0.717) is 25.9 Å². The van der Waals surface area contributed by atoms with Crippen LogP contribution in [0.1, 0.15) is 19.3 Å². The quantitative estimate of drug-likeness (QED) is 0.681. The van der Waals surface area contributed by atoms with Gasteiger partial charge in [-0.3, -0.25) is 4.79 Å². The number of sulfonamides is 1. The second kappa shape index (κ2) is 6.19. The summed E-state index contributed by atoms with van der Waals surface area (Å²) < 4.78 is 47.1. The summed E-state index contributed by atoms with van der Waals surface area (Å²) in [5, 5.41) is 8.57. The zero-order chi connectivity index (χ0) is 14.7. The Kier molecular flexibility index (Phi) is 5.34. The van der Waals surface area contributed by atoms with E-state index in [4.69, 9.17) is 5.11 Å². The minimum Gasteiger partial charge on any atom is -0.481 e. The van der Waals surface area contributed by atoms with Crippen LogP contribution in [0.4, 0.5) is 0 Å². The van der Waals surface area contributed by atoms with Gasteiger partial charge in [0.15, 0.2) is 0 Å². The van der Waals surface area contributed by atoms with Gasteiger partial charge in [0.2, 0.25) is 10.0 Å². The Morgan fingerprint density at radius 3 is 2.42 bits per heavy atom. The van der Waals surface area contributed by atoms with E-state index >= 15 is 0 Å². The van der Waals surface area contributed by atoms with Gasteiger partial charge in [0, 0.05) is 25.8 Å². The third-order valence-electron chi connectivity index (χ3n) is 3.12. The second-order valence-electron chi connectivity index (χ2n) is 4.89. The summed E-state index contributed by atoms with van der Waals surface area (Å²) in [6, 6.07) is 0. The lowest BCUT2D eigenvalue weighted by Crippen LogP contribution is -2.33. The zero-order valence-electron chi connectivity index (χ0n) is 10.8. The molecule has 1 N–H and O–H groups in total. The number of carbonyl (C=O) groups is 1. The van der Waals surface area contributed by atoms with Gasteiger partial charge in [0.1, 0.15) is 9.84 Å². The minimum atomic E-state index is -3.56. The first-order valence-corrected chi connectivity index (χ1v) is 9.64. The molecule has 1 unspecified atom stereocenters. The molecule has 0 aliphatic carbocycles. The average molecular weight is 313 g/mol. The first-order valence-electron chi connectivity index (χ1n) is 5.97. The topological polar surface area (TPSA) is 109 Å². The molecule has 9 heteroatoms. The fraction of sp³-hybridized carbons (Fsp3) is 0.900. The average Bonchev–Trinajstić information content (AvgIpc) is 2.72. The highest BCUT2D eigenvalue weighted by atomic mass is 32.2. The van der Waals surface area contributed by atoms with E-state index in [1.54, 1.807) is 0 Å². The van der Waals surface area contributed by atoms with E-state index < -0.39 is 31.6 Å². The van der Waals surface area contributed by atoms with Crippen LogP contribution in [0.25, 0.3) is 0 Å². The van der Waals surface area contributed by atoms with Crippen molar-refractivity contribution in [2.75, 3.05) is 30.9 Å². The minimum absolute atomic E-state index is 0.0297. The highest BCUT2D eigenvalue weighted by Crippen LogP contribution is 2.23. The van der Waals surface area contributed by atoms with E-state index in [2.05, 4.69) is 0 Å². The summed E-state index contributed by atoms with van der Waals surface area (Å²) in [5.41, 5.74) is 0. The predicted molar refractivity (Wildman–Crippen MR) is 70.0 cm³/mol. The van der Waals surface area contributed by atoms with Gasteiger partial charge in [-0.15, -0.1) is 0 Å². The fourth-order valence-electron chi connectivity index (χ4n) is 2.00. The van der Waals surface area contributed by atoms with Crippen molar-refractivity contribution in [2.45, 2.75) is 19.3 Å². The van der Waals surface area contributed by atoms with Crippen LogP contribution in [-0.2, 0) is 24.7 Å². The molecule has 1 aliphatic heterocycles. The lowest BCUT2D eigenvalue weighted by molar-refractivity contribution is -0.137. The van der Waals surface area contributed by atoms with Crippen molar-refractivity contribution in [1.29, 1.82) is 0 Å². The Labute approximate surface area is 113 Å². The molecule has 0 aromatic rings. The lowest BCUT2D eigenvalue weighted by atomic mass is 10.0. The molecule has 1 aliphatic rings. The monoisotopic (exact) mass is 313 g/mol. The largest absolute Gasteiger partial charge is 0.481 e. The molecule has 1 saturated heterocycles. The summed E-state index contributed by atoms with van der Waals surface area (Å²) in [5.74, 6) is -1.63. The molecule has 0 bridgehead atoms. The molecule has 1 rings (SSSR count). The van der Waals surface area contributed by atoms with Crippen molar-refractivity contribution >= 4 is 25.8 Å². The highest BCUT2D eigenvalue weighted by Gasteiger charge is 2.31. The molecular formula is C10H19NO6S2. The van der Waals surface area contributed by atoms with Gasteiger partial charge in [0.05, 0.1) is 11.5 Å². The van der Waals surface area contributed by atoms with E-state index in [1.165, 1.54) is 4.31 Å². The van der Waals surface area contributed by atoms with E-state index in [-0.39, 0.29) is 18.1 Å². The van der Waals surface area contributed by atoms with Crippen LogP contribution in [0, 0.1) is 5.92 Å². The standard InChI is InChI=1S/C10H19NO6S2/c1-18(14,15)6-7-19(16,17)11-5-4-9(8-11)2-3-10(12)13/h9H,2-8H2,1H3,(H,12,13). The third-order valence-corrected chi connectivity index (χ3v) is 6.16. The molecule has 0 radical (unpaired) electrons. The van der Waals surface area contributed by atoms with Crippen molar-refractivity contribution in [2.24, 2.45) is 5.92 Å². The van der Waals surface area contributed by atoms with Gasteiger partial charge >= 0.3 is 5.97 Å². The second-order valence-corrected chi connectivity index (χ2v) is 9.24. The third kappa shape index (κ3) is 5.87. The molecule has 0 aromatic carbocycles. The number of carboxylic acid groups (broad SMARTS) is 1. The van der Waals surface area contributed by atoms with E-state index in [1.807, 2.05) is 0 Å². The predicted octanol–water partition coefficient (Wildman–Crippen LogP) is -0.452. The Bertz CT molecular complexity index is 524. The Morgan fingerprint density at radius 2 is 1.89 bits per heavy atom. The maximum Gasteiger partial charge on any atom is 0.303 e. The molecule has 1 heterocycles. The Balaban J connectivity index is 2.51. The highest BCUT2D eigenvalue weighted by molar-refractivity contribution is 7.93. The van der Waals surface area contributed by atoms with Crippen molar-refractivity contribution in [1.82, 2.24) is 4.31 Å². The van der Waals surface area contributed by atoms with Crippen LogP contribution in [0.15, 0.2) is 0 Å². The number of hydrogen-bond acceptors (Lipinski definition) is 5. The summed E-state index contributed by atoms with van der Waals surface area (Å²) in [7, 11) is -6.86. The van der Waals surface area contributed by atoms with Gasteiger partial charge in [-0.2, -0.15) is 0 Å². The number of sulfone groups is 1. The van der Waals surface area contributed by atoms with Gasteiger partial charge in [-0.25, -0.2) is 21.1 Å². The number of hydrogen-bond donors (Lipinski definition) is 1. The molecule has 0 spiro atoms. The maximum atomic E-state index is 11.9. The zero-order valence-corrected chi connectivity index (χ0v) is 12.4. The smallest absolute Gasteiger partial charge is 0.303 e. The first-order chi connectivity index (χ1) is 8.60. The van der Waals surface area contributed by atoms with Crippen LogP contribution < -0.4 is 0 Å². The van der Waals surface area contributed by atoms with E-state index in [9.17, 15) is 21.6 Å². The molecule has 19 heavy (non-hydrogen) atoms. The molecule has 1 atom stereocenters. The van der Waals surface area contributed by atoms with Gasteiger partial charge in [0.25, 0.3) is 0 Å². The molecule has 1 fully saturated rings. The number of aliphatic carboxylic acids is 1. The first kappa shape index (κ1) is 16.4. The summed E-state index contributed by atoms with van der Waals surface area (Å²) >= 11 is 0. The van der Waals surface area contributed by atoms with Crippen LogP contribution >= 0.6 is 0 Å². The molecule has 0 saturated carbocycles. The molecule has 0 aromatic heterocycles. The molecule has 0 amide bonds. The van der Waals surface area contributed by atoms with Crippen LogP contribution in [0.5, 0.6) is 0 Å². The number of rotatable bonds is 7. The van der Waals surface area contributed by atoms with Gasteiger partial charge < -0.3 is 5.11 Å². The lowest BCUT2D eigenvalue weighted by Gasteiger charge is -2.16. The van der Waals surface area contributed by atoms with E-state index in [0.717, 1.165) is 6.26 Å². The fourth-order valence-corrected chi connectivity index (χ4v) is 5.13. The van der Waals surface area contributed by atoms with Crippen molar-refractivity contribution in [3.05, 3.63) is 0 Å². The molecule has 112 valence electrons. The van der Waals surface area contributed by atoms with Crippen LogP contribution in [0.3, 0.4) is 0 Å². The van der Waals surface area contributed by atoms with Crippen molar-refractivity contribution < 1.29 is 26.7 Å².